The summed E-state index contributed by atoms with van der Waals surface area (Å²) in [7, 11) is 2.16. The monoisotopic (exact) mass is 233 g/mol. The molecule has 0 unspecified atom stereocenters. The lowest BCUT2D eigenvalue weighted by Gasteiger charge is -2.38. The number of hydrogen-bond donors (Lipinski definition) is 1. The molecule has 2 N–H and O–H groups in total. The molecule has 1 aliphatic heterocycles. The second kappa shape index (κ2) is 4.57. The van der Waals surface area contributed by atoms with Crippen LogP contribution < -0.4 is 15.5 Å². The van der Waals surface area contributed by atoms with E-state index >= 15 is 0 Å². The summed E-state index contributed by atoms with van der Waals surface area (Å²) in [4.78, 5) is 4.77. The van der Waals surface area contributed by atoms with E-state index in [0.717, 1.165) is 26.1 Å². The molecule has 3 nitrogen and oxygen atoms in total. The van der Waals surface area contributed by atoms with Crippen LogP contribution in [0.4, 0.5) is 11.4 Å². The molecule has 1 heterocycles. The van der Waals surface area contributed by atoms with Crippen molar-refractivity contribution in [2.75, 3.05) is 36.5 Å². The highest BCUT2D eigenvalue weighted by Gasteiger charge is 2.21. The molecule has 0 saturated heterocycles. The molecule has 1 aromatic carbocycles. The van der Waals surface area contributed by atoms with Crippen LogP contribution in [0.15, 0.2) is 24.3 Å². The van der Waals surface area contributed by atoms with Crippen LogP contribution in [0, 0.1) is 0 Å². The molecule has 0 aromatic heterocycles. The second-order valence-electron chi connectivity index (χ2n) is 5.64. The van der Waals surface area contributed by atoms with Crippen LogP contribution >= 0.6 is 0 Å². The summed E-state index contributed by atoms with van der Waals surface area (Å²) in [5.74, 6) is 0. The zero-order chi connectivity index (χ0) is 12.5. The Morgan fingerprint density at radius 3 is 2.47 bits per heavy atom. The molecule has 0 saturated carbocycles. The topological polar surface area (TPSA) is 32.5 Å². The Hall–Kier alpha value is -1.22. The molecule has 0 amide bonds. The smallest absolute Gasteiger partial charge is 0.0604 e. The van der Waals surface area contributed by atoms with Crippen LogP contribution in [-0.2, 0) is 0 Å². The first-order valence-corrected chi connectivity index (χ1v) is 6.31. The maximum absolute atomic E-state index is 6.06. The van der Waals surface area contributed by atoms with E-state index in [1.807, 2.05) is 0 Å². The van der Waals surface area contributed by atoms with Gasteiger partial charge < -0.3 is 15.5 Å². The molecule has 94 valence electrons. The molecule has 0 bridgehead atoms. The third-order valence-corrected chi connectivity index (χ3v) is 3.37. The van der Waals surface area contributed by atoms with Gasteiger partial charge in [0, 0.05) is 32.2 Å². The van der Waals surface area contributed by atoms with Gasteiger partial charge >= 0.3 is 0 Å². The fourth-order valence-corrected chi connectivity index (χ4v) is 2.22. The highest BCUT2D eigenvalue weighted by molar-refractivity contribution is 5.73. The van der Waals surface area contributed by atoms with E-state index in [1.165, 1.54) is 11.4 Å². The summed E-state index contributed by atoms with van der Waals surface area (Å²) in [5.41, 5.74) is 8.64. The zero-order valence-electron chi connectivity index (χ0n) is 11.1. The third kappa shape index (κ3) is 2.91. The van der Waals surface area contributed by atoms with Gasteiger partial charge in [-0.15, -0.1) is 0 Å². The average Bonchev–Trinajstić information content (AvgIpc) is 2.27. The van der Waals surface area contributed by atoms with Crippen LogP contribution in [0.5, 0.6) is 0 Å². The van der Waals surface area contributed by atoms with Crippen molar-refractivity contribution in [3.63, 3.8) is 0 Å². The molecular formula is C14H23N3. The zero-order valence-corrected chi connectivity index (χ0v) is 11.1. The molecule has 0 atom stereocenters. The minimum absolute atomic E-state index is 0.0850. The first-order valence-electron chi connectivity index (χ1n) is 6.31. The number of benzene rings is 1. The lowest BCUT2D eigenvalue weighted by molar-refractivity contribution is 0.472. The Kier molecular flexibility index (Phi) is 3.29. The standard InChI is InChI=1S/C14H23N3/c1-14(2,15)8-9-17-11-10-16(3)12-6-4-5-7-13(12)17/h4-7H,8-11,15H2,1-3H3. The number of fused-ring (bicyclic) bond motifs is 1. The number of rotatable bonds is 3. The first kappa shape index (κ1) is 12.2. The van der Waals surface area contributed by atoms with Crippen LogP contribution in [0.1, 0.15) is 20.3 Å². The Balaban J connectivity index is 2.13. The van der Waals surface area contributed by atoms with Gasteiger partial charge in [0.1, 0.15) is 0 Å². The van der Waals surface area contributed by atoms with Gasteiger partial charge in [0.05, 0.1) is 11.4 Å². The van der Waals surface area contributed by atoms with Gasteiger partial charge in [0.2, 0.25) is 0 Å². The summed E-state index contributed by atoms with van der Waals surface area (Å²) in [6.45, 7) is 7.39. The normalized spacial score (nSPS) is 16.0. The van der Waals surface area contributed by atoms with E-state index < -0.39 is 0 Å². The summed E-state index contributed by atoms with van der Waals surface area (Å²) in [6, 6.07) is 8.61. The molecule has 2 rings (SSSR count). The minimum Gasteiger partial charge on any atom is -0.371 e. The SMILES string of the molecule is CN1CCN(CCC(C)(C)N)c2ccccc21. The van der Waals surface area contributed by atoms with E-state index in [9.17, 15) is 0 Å². The predicted molar refractivity (Wildman–Crippen MR) is 74.8 cm³/mol. The molecule has 1 aromatic rings. The number of nitrogens with zero attached hydrogens (tertiary/aromatic N) is 2. The molecule has 0 aliphatic carbocycles. The maximum Gasteiger partial charge on any atom is 0.0604 e. The highest BCUT2D eigenvalue weighted by Crippen LogP contribution is 2.31. The summed E-state index contributed by atoms with van der Waals surface area (Å²) < 4.78 is 0. The largest absolute Gasteiger partial charge is 0.371 e. The fourth-order valence-electron chi connectivity index (χ4n) is 2.22. The van der Waals surface area contributed by atoms with Crippen LogP contribution in [-0.4, -0.2) is 32.2 Å². The van der Waals surface area contributed by atoms with Crippen molar-refractivity contribution < 1.29 is 0 Å². The van der Waals surface area contributed by atoms with E-state index in [4.69, 9.17) is 5.73 Å². The Labute approximate surface area is 104 Å². The van der Waals surface area contributed by atoms with Crippen molar-refractivity contribution in [1.82, 2.24) is 0 Å². The predicted octanol–water partition coefficient (Wildman–Crippen LogP) is 2.07. The van der Waals surface area contributed by atoms with Gasteiger partial charge in [-0.05, 0) is 32.4 Å². The summed E-state index contributed by atoms with van der Waals surface area (Å²) in [5, 5.41) is 0. The molecule has 17 heavy (non-hydrogen) atoms. The molecule has 0 fully saturated rings. The van der Waals surface area contributed by atoms with Crippen LogP contribution in [0.2, 0.25) is 0 Å². The second-order valence-corrected chi connectivity index (χ2v) is 5.64. The number of para-hydroxylation sites is 2. The molecule has 3 heteroatoms. The summed E-state index contributed by atoms with van der Waals surface area (Å²) in [6.07, 6.45) is 1.02. The van der Waals surface area contributed by atoms with Crippen molar-refractivity contribution in [2.45, 2.75) is 25.8 Å². The lowest BCUT2D eigenvalue weighted by Crippen LogP contribution is -2.43. The maximum atomic E-state index is 6.06. The third-order valence-electron chi connectivity index (χ3n) is 3.37. The number of anilines is 2. The summed E-state index contributed by atoms with van der Waals surface area (Å²) >= 11 is 0. The molecule has 0 radical (unpaired) electrons. The number of likely N-dealkylation sites (N-methyl/N-ethyl adjacent to an activating group) is 1. The van der Waals surface area contributed by atoms with E-state index in [-0.39, 0.29) is 5.54 Å². The van der Waals surface area contributed by atoms with Crippen molar-refractivity contribution >= 4 is 11.4 Å². The van der Waals surface area contributed by atoms with Gasteiger partial charge in [0.15, 0.2) is 0 Å². The Morgan fingerprint density at radius 1 is 1.18 bits per heavy atom. The van der Waals surface area contributed by atoms with Gasteiger partial charge in [-0.3, -0.25) is 0 Å². The van der Waals surface area contributed by atoms with Crippen molar-refractivity contribution in [3.8, 4) is 0 Å². The van der Waals surface area contributed by atoms with E-state index in [2.05, 4.69) is 55.0 Å². The van der Waals surface area contributed by atoms with Crippen LogP contribution in [0.25, 0.3) is 0 Å². The fraction of sp³-hybridized carbons (Fsp3) is 0.571. The number of nitrogens with two attached hydrogens (primary N) is 1. The van der Waals surface area contributed by atoms with Gasteiger partial charge in [0.25, 0.3) is 0 Å². The molecule has 1 aliphatic rings. The highest BCUT2D eigenvalue weighted by atomic mass is 15.2. The average molecular weight is 233 g/mol. The quantitative estimate of drug-likeness (QED) is 0.867. The van der Waals surface area contributed by atoms with Crippen molar-refractivity contribution in [2.24, 2.45) is 5.73 Å². The van der Waals surface area contributed by atoms with Gasteiger partial charge in [-0.25, -0.2) is 0 Å². The molecular weight excluding hydrogens is 210 g/mol. The number of hydrogen-bond acceptors (Lipinski definition) is 3. The first-order chi connectivity index (χ1) is 7.97. The lowest BCUT2D eigenvalue weighted by atomic mass is 10.0. The van der Waals surface area contributed by atoms with Crippen molar-refractivity contribution in [1.29, 1.82) is 0 Å². The van der Waals surface area contributed by atoms with Crippen molar-refractivity contribution in [3.05, 3.63) is 24.3 Å². The Morgan fingerprint density at radius 2 is 1.82 bits per heavy atom. The minimum atomic E-state index is -0.0850. The van der Waals surface area contributed by atoms with Gasteiger partial charge in [-0.1, -0.05) is 12.1 Å². The van der Waals surface area contributed by atoms with Crippen LogP contribution in [0.3, 0.4) is 0 Å². The Bertz CT molecular complexity index is 381. The van der Waals surface area contributed by atoms with Gasteiger partial charge in [-0.2, -0.15) is 0 Å². The molecule has 0 spiro atoms. The van der Waals surface area contributed by atoms with E-state index in [1.54, 1.807) is 0 Å². The van der Waals surface area contributed by atoms with E-state index in [0.29, 0.717) is 0 Å².